The van der Waals surface area contributed by atoms with Gasteiger partial charge >= 0.3 is 0 Å². The van der Waals surface area contributed by atoms with E-state index in [0.717, 1.165) is 0 Å². The van der Waals surface area contributed by atoms with Crippen molar-refractivity contribution in [2.45, 2.75) is 0 Å². The van der Waals surface area contributed by atoms with Crippen LogP contribution >= 0.6 is 58.0 Å². The van der Waals surface area contributed by atoms with Gasteiger partial charge in [0.15, 0.2) is 5.15 Å². The van der Waals surface area contributed by atoms with E-state index in [1.807, 2.05) is 0 Å². The smallest absolute Gasteiger partial charge is 0.257 e. The van der Waals surface area contributed by atoms with Crippen LogP contribution < -0.4 is 0 Å². The highest BCUT2D eigenvalue weighted by Gasteiger charge is 2.19. The molecule has 0 radical (unpaired) electrons. The Morgan fingerprint density at radius 1 is 1.00 bits per heavy atom. The molecule has 0 aliphatic heterocycles. The second-order valence-electron chi connectivity index (χ2n) is 1.97. The SMILES string of the molecule is O=C(Cl)c1c(Cl)nc(Cl)c(Cl)c1Cl. The second-order valence-corrected chi connectivity index (χ2v) is 3.79. The van der Waals surface area contributed by atoms with Crippen LogP contribution in [0.5, 0.6) is 0 Å². The van der Waals surface area contributed by atoms with Gasteiger partial charge in [0, 0.05) is 0 Å². The van der Waals surface area contributed by atoms with E-state index in [-0.39, 0.29) is 25.9 Å². The first-order valence-electron chi connectivity index (χ1n) is 2.85. The fourth-order valence-corrected chi connectivity index (χ4v) is 1.92. The first-order valence-corrected chi connectivity index (χ1v) is 4.74. The highest BCUT2D eigenvalue weighted by atomic mass is 35.5. The monoisotopic (exact) mass is 277 g/mol. The average molecular weight is 279 g/mol. The minimum absolute atomic E-state index is 0.0447. The van der Waals surface area contributed by atoms with Crippen LogP contribution in [0, 0.1) is 0 Å². The molecule has 0 spiro atoms. The van der Waals surface area contributed by atoms with Crippen molar-refractivity contribution in [3.8, 4) is 0 Å². The summed E-state index contributed by atoms with van der Waals surface area (Å²) in [4.78, 5) is 14.4. The fourth-order valence-electron chi connectivity index (χ4n) is 0.649. The number of pyridine rings is 1. The largest absolute Gasteiger partial charge is 0.275 e. The summed E-state index contributed by atoms with van der Waals surface area (Å²) in [5.74, 6) is 0. The van der Waals surface area contributed by atoms with E-state index in [1.165, 1.54) is 0 Å². The van der Waals surface area contributed by atoms with Gasteiger partial charge in [-0.25, -0.2) is 4.98 Å². The Morgan fingerprint density at radius 3 is 2.00 bits per heavy atom. The van der Waals surface area contributed by atoms with Gasteiger partial charge in [-0.3, -0.25) is 4.79 Å². The Kier molecular flexibility index (Phi) is 3.66. The average Bonchev–Trinajstić information content (AvgIpc) is 1.99. The van der Waals surface area contributed by atoms with Crippen molar-refractivity contribution in [2.24, 2.45) is 0 Å². The summed E-state index contributed by atoms with van der Waals surface area (Å²) < 4.78 is 0. The molecule has 0 atom stereocenters. The van der Waals surface area contributed by atoms with Crippen LogP contribution in [0.15, 0.2) is 0 Å². The third-order valence-electron chi connectivity index (χ3n) is 1.19. The van der Waals surface area contributed by atoms with Crippen LogP contribution in [0.25, 0.3) is 0 Å². The number of halogens is 5. The van der Waals surface area contributed by atoms with Gasteiger partial charge in [-0.2, -0.15) is 0 Å². The van der Waals surface area contributed by atoms with Crippen molar-refractivity contribution >= 4 is 63.2 Å². The topological polar surface area (TPSA) is 30.0 Å². The molecular weight excluding hydrogens is 279 g/mol. The second kappa shape index (κ2) is 4.20. The highest BCUT2D eigenvalue weighted by molar-refractivity contribution is 6.70. The lowest BCUT2D eigenvalue weighted by molar-refractivity contribution is 0.108. The molecule has 0 amide bonds. The van der Waals surface area contributed by atoms with E-state index < -0.39 is 5.24 Å². The molecule has 70 valence electrons. The summed E-state index contributed by atoms with van der Waals surface area (Å²) in [7, 11) is 0. The zero-order valence-corrected chi connectivity index (χ0v) is 9.52. The maximum Gasteiger partial charge on any atom is 0.257 e. The van der Waals surface area contributed by atoms with Gasteiger partial charge < -0.3 is 0 Å². The van der Waals surface area contributed by atoms with Crippen LogP contribution in [-0.2, 0) is 0 Å². The molecule has 0 aliphatic rings. The van der Waals surface area contributed by atoms with Crippen molar-refractivity contribution in [2.75, 3.05) is 0 Å². The summed E-state index contributed by atoms with van der Waals surface area (Å²) in [6.45, 7) is 0. The minimum atomic E-state index is -0.832. The van der Waals surface area contributed by atoms with Crippen molar-refractivity contribution in [3.05, 3.63) is 25.9 Å². The Labute approximate surface area is 98.7 Å². The molecule has 0 bridgehead atoms. The highest BCUT2D eigenvalue weighted by Crippen LogP contribution is 2.35. The van der Waals surface area contributed by atoms with Gasteiger partial charge in [-0.15, -0.1) is 0 Å². The number of hydrogen-bond acceptors (Lipinski definition) is 2. The fraction of sp³-hybridized carbons (Fsp3) is 0. The number of nitrogens with zero attached hydrogens (tertiary/aromatic N) is 1. The normalized spacial score (nSPS) is 10.2. The summed E-state index contributed by atoms with van der Waals surface area (Å²) in [6, 6.07) is 0. The molecule has 13 heavy (non-hydrogen) atoms. The lowest BCUT2D eigenvalue weighted by Gasteiger charge is -2.04. The molecule has 0 saturated carbocycles. The molecule has 2 nitrogen and oxygen atoms in total. The van der Waals surface area contributed by atoms with E-state index in [4.69, 9.17) is 58.0 Å². The van der Waals surface area contributed by atoms with Gasteiger partial charge in [0.05, 0.1) is 15.6 Å². The van der Waals surface area contributed by atoms with Gasteiger partial charge in [-0.05, 0) is 11.6 Å². The first-order chi connectivity index (χ1) is 5.95. The number of carbonyl (C=O) groups excluding carboxylic acids is 1. The number of rotatable bonds is 1. The molecule has 0 aromatic carbocycles. The van der Waals surface area contributed by atoms with E-state index >= 15 is 0 Å². The molecule has 7 heteroatoms. The zero-order valence-electron chi connectivity index (χ0n) is 5.75. The predicted octanol–water partition coefficient (Wildman–Crippen LogP) is 4.07. The third kappa shape index (κ3) is 2.20. The van der Waals surface area contributed by atoms with Crippen molar-refractivity contribution in [3.63, 3.8) is 0 Å². The zero-order chi connectivity index (χ0) is 10.2. The Bertz CT molecular complexity index is 378. The molecule has 0 unspecified atom stereocenters. The van der Waals surface area contributed by atoms with Crippen LogP contribution in [0.4, 0.5) is 0 Å². The molecule has 1 rings (SSSR count). The molecular formula is C6Cl5NO. The Balaban J connectivity index is 3.53. The number of carbonyl (C=O) groups is 1. The maximum atomic E-state index is 10.8. The lowest BCUT2D eigenvalue weighted by Crippen LogP contribution is -1.96. The standard InChI is InChI=1S/C6Cl5NO/c7-2-1(6(11)13)4(9)12-5(10)3(2)8. The predicted molar refractivity (Wildman–Crippen MR) is 54.5 cm³/mol. The van der Waals surface area contributed by atoms with Crippen LogP contribution in [-0.4, -0.2) is 10.2 Å². The van der Waals surface area contributed by atoms with E-state index in [1.54, 1.807) is 0 Å². The van der Waals surface area contributed by atoms with Crippen molar-refractivity contribution in [1.29, 1.82) is 0 Å². The quantitative estimate of drug-likeness (QED) is 0.573. The van der Waals surface area contributed by atoms with Gasteiger partial charge in [0.25, 0.3) is 5.24 Å². The van der Waals surface area contributed by atoms with E-state index in [0.29, 0.717) is 0 Å². The summed E-state index contributed by atoms with van der Waals surface area (Å²) in [5, 5.41) is -1.21. The molecule has 0 fully saturated rings. The molecule has 1 aromatic heterocycles. The van der Waals surface area contributed by atoms with Crippen LogP contribution in [0.3, 0.4) is 0 Å². The van der Waals surface area contributed by atoms with Gasteiger partial charge in [0.2, 0.25) is 0 Å². The maximum absolute atomic E-state index is 10.8. The van der Waals surface area contributed by atoms with Crippen molar-refractivity contribution in [1.82, 2.24) is 4.98 Å². The molecule has 1 heterocycles. The molecule has 0 saturated heterocycles. The van der Waals surface area contributed by atoms with Gasteiger partial charge in [-0.1, -0.05) is 46.4 Å². The molecule has 1 aromatic rings. The lowest BCUT2D eigenvalue weighted by atomic mass is 10.3. The Hall–Kier alpha value is 0.270. The van der Waals surface area contributed by atoms with E-state index in [2.05, 4.69) is 4.98 Å². The van der Waals surface area contributed by atoms with E-state index in [9.17, 15) is 4.79 Å². The Morgan fingerprint density at radius 2 is 1.54 bits per heavy atom. The third-order valence-corrected chi connectivity index (χ3v) is 2.87. The van der Waals surface area contributed by atoms with Crippen molar-refractivity contribution < 1.29 is 4.79 Å². The summed E-state index contributed by atoms with van der Waals surface area (Å²) >= 11 is 27.5. The number of aromatic nitrogens is 1. The first kappa shape index (κ1) is 11.3. The minimum Gasteiger partial charge on any atom is -0.275 e. The molecule has 0 N–H and O–H groups in total. The summed E-state index contributed by atoms with van der Waals surface area (Å²) in [5.41, 5.74) is -0.139. The molecule has 0 aliphatic carbocycles. The van der Waals surface area contributed by atoms with Crippen LogP contribution in [0.2, 0.25) is 20.4 Å². The van der Waals surface area contributed by atoms with Gasteiger partial charge in [0.1, 0.15) is 5.15 Å². The van der Waals surface area contributed by atoms with Crippen LogP contribution in [0.1, 0.15) is 10.4 Å². The summed E-state index contributed by atoms with van der Waals surface area (Å²) in [6.07, 6.45) is 0. The number of hydrogen-bond donors (Lipinski definition) is 0.